The highest BCUT2D eigenvalue weighted by Crippen LogP contribution is 2.40. The van der Waals surface area contributed by atoms with Crippen LogP contribution in [0.15, 0.2) is 229 Å². The summed E-state index contributed by atoms with van der Waals surface area (Å²) in [6.07, 6.45) is 0. The standard InChI is InChI=1S/C56H37N3O/c1-3-14-38(15-4-1)43-18-13-19-44(36-43)45-32-35-54-52(37-45)51-24-11-12-25-53(51)59(54)46-33-30-40(31-34-46)48-21-8-10-23-50(48)49-22-9-7-20-47(49)39-26-28-42(29-27-39)56-58-57-55(60-56)41-16-5-2-6-17-41/h1-37H. The lowest BCUT2D eigenvalue weighted by Gasteiger charge is -2.15. The average Bonchev–Trinajstić information content (AvgIpc) is 3.96. The fourth-order valence-electron chi connectivity index (χ4n) is 8.50. The van der Waals surface area contributed by atoms with Crippen LogP contribution in [0.25, 0.3) is 106 Å². The molecule has 9 aromatic carbocycles. The number of benzene rings is 9. The number of hydrogen-bond donors (Lipinski definition) is 0. The van der Waals surface area contributed by atoms with Crippen molar-refractivity contribution in [1.29, 1.82) is 0 Å². The summed E-state index contributed by atoms with van der Waals surface area (Å²) in [6.45, 7) is 0. The highest BCUT2D eigenvalue weighted by molar-refractivity contribution is 6.10. The minimum atomic E-state index is 0.498. The number of hydrogen-bond acceptors (Lipinski definition) is 3. The Bertz CT molecular complexity index is 3290. The molecule has 0 fully saturated rings. The van der Waals surface area contributed by atoms with Gasteiger partial charge in [0.05, 0.1) is 11.0 Å². The summed E-state index contributed by atoms with van der Waals surface area (Å²) >= 11 is 0. The maximum Gasteiger partial charge on any atom is 0.248 e. The number of fused-ring (bicyclic) bond motifs is 3. The van der Waals surface area contributed by atoms with Gasteiger partial charge in [-0.05, 0) is 116 Å². The predicted octanol–water partition coefficient (Wildman–Crippen LogP) is 14.8. The van der Waals surface area contributed by atoms with Crippen molar-refractivity contribution >= 4 is 21.8 Å². The monoisotopic (exact) mass is 767 g/mol. The Kier molecular flexibility index (Phi) is 8.79. The molecular formula is C56H37N3O. The van der Waals surface area contributed by atoms with Crippen LogP contribution < -0.4 is 0 Å². The Morgan fingerprint density at radius 1 is 0.283 bits per heavy atom. The molecule has 4 heteroatoms. The molecule has 282 valence electrons. The highest BCUT2D eigenvalue weighted by atomic mass is 16.4. The number of nitrogens with zero attached hydrogens (tertiary/aromatic N) is 3. The molecule has 0 unspecified atom stereocenters. The zero-order valence-electron chi connectivity index (χ0n) is 32.6. The Labute approximate surface area is 348 Å². The molecule has 60 heavy (non-hydrogen) atoms. The molecular weight excluding hydrogens is 731 g/mol. The number of aromatic nitrogens is 3. The van der Waals surface area contributed by atoms with Gasteiger partial charge in [-0.15, -0.1) is 10.2 Å². The van der Waals surface area contributed by atoms with Crippen molar-refractivity contribution in [2.75, 3.05) is 0 Å². The summed E-state index contributed by atoms with van der Waals surface area (Å²) in [5.74, 6) is 1.01. The Hall–Kier alpha value is -8.08. The first-order valence-electron chi connectivity index (χ1n) is 20.2. The molecule has 0 N–H and O–H groups in total. The first-order chi connectivity index (χ1) is 29.7. The van der Waals surface area contributed by atoms with Crippen LogP contribution in [0.4, 0.5) is 0 Å². The third-order valence-electron chi connectivity index (χ3n) is 11.4. The summed E-state index contributed by atoms with van der Waals surface area (Å²) < 4.78 is 8.44. The van der Waals surface area contributed by atoms with Crippen LogP contribution in [0.3, 0.4) is 0 Å². The second-order valence-corrected chi connectivity index (χ2v) is 15.0. The van der Waals surface area contributed by atoms with Gasteiger partial charge < -0.3 is 8.98 Å². The maximum absolute atomic E-state index is 6.05. The summed E-state index contributed by atoms with van der Waals surface area (Å²) in [7, 11) is 0. The second-order valence-electron chi connectivity index (χ2n) is 15.0. The van der Waals surface area contributed by atoms with Crippen molar-refractivity contribution in [3.63, 3.8) is 0 Å². The maximum atomic E-state index is 6.05. The van der Waals surface area contributed by atoms with Gasteiger partial charge in [0.15, 0.2) is 0 Å². The largest absolute Gasteiger partial charge is 0.416 e. The number of para-hydroxylation sites is 1. The van der Waals surface area contributed by atoms with E-state index >= 15 is 0 Å². The Morgan fingerprint density at radius 3 is 1.37 bits per heavy atom. The van der Waals surface area contributed by atoms with E-state index in [1.54, 1.807) is 0 Å². The van der Waals surface area contributed by atoms with Crippen molar-refractivity contribution in [2.24, 2.45) is 0 Å². The van der Waals surface area contributed by atoms with Crippen LogP contribution >= 0.6 is 0 Å². The molecule has 0 aliphatic rings. The van der Waals surface area contributed by atoms with Gasteiger partial charge in [0.2, 0.25) is 11.8 Å². The minimum absolute atomic E-state index is 0.498. The van der Waals surface area contributed by atoms with E-state index in [0.29, 0.717) is 11.8 Å². The third kappa shape index (κ3) is 6.37. The second kappa shape index (κ2) is 15.0. The fraction of sp³-hybridized carbons (Fsp3) is 0. The summed E-state index contributed by atoms with van der Waals surface area (Å²) in [4.78, 5) is 0. The Balaban J connectivity index is 0.920. The fourth-order valence-corrected chi connectivity index (χ4v) is 8.50. The molecule has 0 amide bonds. The minimum Gasteiger partial charge on any atom is -0.416 e. The van der Waals surface area contributed by atoms with E-state index in [4.69, 9.17) is 4.42 Å². The van der Waals surface area contributed by atoms with Crippen molar-refractivity contribution < 1.29 is 4.42 Å². The molecule has 4 nitrogen and oxygen atoms in total. The van der Waals surface area contributed by atoms with E-state index in [9.17, 15) is 0 Å². The molecule has 2 heterocycles. The smallest absolute Gasteiger partial charge is 0.248 e. The summed E-state index contributed by atoms with van der Waals surface area (Å²) in [5.41, 5.74) is 17.1. The van der Waals surface area contributed by atoms with E-state index in [2.05, 4.69) is 209 Å². The van der Waals surface area contributed by atoms with Gasteiger partial charge in [-0.1, -0.05) is 164 Å². The molecule has 0 bridgehead atoms. The van der Waals surface area contributed by atoms with Crippen LogP contribution in [0.1, 0.15) is 0 Å². The van der Waals surface area contributed by atoms with Crippen LogP contribution in [0.5, 0.6) is 0 Å². The highest BCUT2D eigenvalue weighted by Gasteiger charge is 2.17. The normalized spacial score (nSPS) is 11.3. The molecule has 0 radical (unpaired) electrons. The quantitative estimate of drug-likeness (QED) is 0.155. The summed E-state index contributed by atoms with van der Waals surface area (Å²) in [5, 5.41) is 11.1. The van der Waals surface area contributed by atoms with Crippen LogP contribution in [-0.4, -0.2) is 14.8 Å². The third-order valence-corrected chi connectivity index (χ3v) is 11.4. The lowest BCUT2D eigenvalue weighted by Crippen LogP contribution is -1.94. The lowest BCUT2D eigenvalue weighted by atomic mass is 9.89. The predicted molar refractivity (Wildman–Crippen MR) is 247 cm³/mol. The van der Waals surface area contributed by atoms with E-state index < -0.39 is 0 Å². The molecule has 11 rings (SSSR count). The molecule has 0 atom stereocenters. The van der Waals surface area contributed by atoms with Crippen LogP contribution in [-0.2, 0) is 0 Å². The average molecular weight is 768 g/mol. The van der Waals surface area contributed by atoms with E-state index in [1.807, 2.05) is 30.3 Å². The zero-order valence-corrected chi connectivity index (χ0v) is 32.6. The van der Waals surface area contributed by atoms with E-state index in [0.717, 1.165) is 33.5 Å². The molecule has 0 saturated carbocycles. The van der Waals surface area contributed by atoms with Gasteiger partial charge in [0, 0.05) is 27.6 Å². The van der Waals surface area contributed by atoms with Crippen molar-refractivity contribution in [3.05, 3.63) is 224 Å². The SMILES string of the molecule is c1ccc(-c2cccc(-c3ccc4c(c3)c3ccccc3n4-c3ccc(-c4ccccc4-c4ccccc4-c4ccc(-c5nnc(-c6ccccc6)o5)cc4)cc3)c2)cc1. The van der Waals surface area contributed by atoms with Gasteiger partial charge in [-0.3, -0.25) is 0 Å². The van der Waals surface area contributed by atoms with Crippen molar-refractivity contribution in [1.82, 2.24) is 14.8 Å². The van der Waals surface area contributed by atoms with Gasteiger partial charge in [0.1, 0.15) is 0 Å². The van der Waals surface area contributed by atoms with Crippen LogP contribution in [0.2, 0.25) is 0 Å². The molecule has 0 aliphatic carbocycles. The van der Waals surface area contributed by atoms with Gasteiger partial charge in [-0.25, -0.2) is 0 Å². The van der Waals surface area contributed by atoms with Crippen molar-refractivity contribution in [2.45, 2.75) is 0 Å². The molecule has 0 spiro atoms. The van der Waals surface area contributed by atoms with Crippen molar-refractivity contribution in [3.8, 4) is 84.2 Å². The van der Waals surface area contributed by atoms with E-state index in [1.165, 1.54) is 60.8 Å². The molecule has 2 aromatic heterocycles. The van der Waals surface area contributed by atoms with Crippen LogP contribution in [0, 0.1) is 0 Å². The summed E-state index contributed by atoms with van der Waals surface area (Å²) in [6, 6.07) is 79.6. The number of rotatable bonds is 8. The first kappa shape index (κ1) is 35.1. The first-order valence-corrected chi connectivity index (χ1v) is 20.2. The van der Waals surface area contributed by atoms with Gasteiger partial charge >= 0.3 is 0 Å². The lowest BCUT2D eigenvalue weighted by molar-refractivity contribution is 0.584. The molecule has 0 aliphatic heterocycles. The molecule has 0 saturated heterocycles. The topological polar surface area (TPSA) is 43.9 Å². The van der Waals surface area contributed by atoms with Gasteiger partial charge in [0.25, 0.3) is 0 Å². The molecule has 11 aromatic rings. The van der Waals surface area contributed by atoms with E-state index in [-0.39, 0.29) is 0 Å². The Morgan fingerprint density at radius 2 is 0.717 bits per heavy atom. The van der Waals surface area contributed by atoms with Gasteiger partial charge in [-0.2, -0.15) is 0 Å². The zero-order chi connectivity index (χ0) is 39.8.